The molecule has 0 radical (unpaired) electrons. The summed E-state index contributed by atoms with van der Waals surface area (Å²) in [5, 5.41) is 3.23. The highest BCUT2D eigenvalue weighted by molar-refractivity contribution is 6.25. The van der Waals surface area contributed by atoms with Gasteiger partial charge in [-0.3, -0.25) is 0 Å². The van der Waals surface area contributed by atoms with Crippen molar-refractivity contribution in [2.24, 2.45) is 0 Å². The molecule has 1 atom stereocenters. The lowest BCUT2D eigenvalue weighted by Gasteiger charge is -2.17. The SMILES string of the molecule is CNC(C)c1cc(C)ccc1OC/C(C)=C/Cl. The molecule has 0 saturated carbocycles. The summed E-state index contributed by atoms with van der Waals surface area (Å²) in [6.07, 6.45) is 0. The topological polar surface area (TPSA) is 21.3 Å². The van der Waals surface area contributed by atoms with Gasteiger partial charge < -0.3 is 10.1 Å². The lowest BCUT2D eigenvalue weighted by Crippen LogP contribution is -2.14. The minimum Gasteiger partial charge on any atom is -0.489 e. The van der Waals surface area contributed by atoms with Gasteiger partial charge in [0.2, 0.25) is 0 Å². The van der Waals surface area contributed by atoms with E-state index >= 15 is 0 Å². The number of benzene rings is 1. The van der Waals surface area contributed by atoms with Gasteiger partial charge in [-0.15, -0.1) is 0 Å². The van der Waals surface area contributed by atoms with E-state index in [9.17, 15) is 0 Å². The van der Waals surface area contributed by atoms with Crippen LogP contribution in [0.15, 0.2) is 29.3 Å². The molecule has 1 aromatic rings. The Hall–Kier alpha value is -0.990. The molecule has 1 unspecified atom stereocenters. The van der Waals surface area contributed by atoms with Crippen LogP contribution in [-0.2, 0) is 0 Å². The average molecular weight is 254 g/mol. The number of halogens is 1. The van der Waals surface area contributed by atoms with Crippen LogP contribution in [0, 0.1) is 6.92 Å². The van der Waals surface area contributed by atoms with Gasteiger partial charge in [0.25, 0.3) is 0 Å². The van der Waals surface area contributed by atoms with Crippen LogP contribution in [0.1, 0.15) is 31.0 Å². The van der Waals surface area contributed by atoms with E-state index in [4.69, 9.17) is 16.3 Å². The second-order valence-electron chi connectivity index (χ2n) is 4.30. The van der Waals surface area contributed by atoms with Crippen molar-refractivity contribution in [1.82, 2.24) is 5.32 Å². The fourth-order valence-electron chi connectivity index (χ4n) is 1.52. The summed E-state index contributed by atoms with van der Waals surface area (Å²) >= 11 is 5.62. The monoisotopic (exact) mass is 253 g/mol. The zero-order chi connectivity index (χ0) is 12.8. The second-order valence-corrected chi connectivity index (χ2v) is 4.51. The van der Waals surface area contributed by atoms with E-state index in [1.165, 1.54) is 11.1 Å². The minimum atomic E-state index is 0.269. The van der Waals surface area contributed by atoms with Crippen LogP contribution < -0.4 is 10.1 Å². The van der Waals surface area contributed by atoms with E-state index in [1.807, 2.05) is 20.0 Å². The fourth-order valence-corrected chi connectivity index (χ4v) is 1.58. The van der Waals surface area contributed by atoms with Gasteiger partial charge in [0.1, 0.15) is 12.4 Å². The first-order valence-corrected chi connectivity index (χ1v) is 6.18. The maximum absolute atomic E-state index is 5.78. The van der Waals surface area contributed by atoms with Crippen LogP contribution in [0.2, 0.25) is 0 Å². The van der Waals surface area contributed by atoms with Crippen LogP contribution in [0.4, 0.5) is 0 Å². The molecule has 1 aromatic carbocycles. The van der Waals surface area contributed by atoms with Gasteiger partial charge in [0, 0.05) is 17.1 Å². The predicted octanol–water partition coefficient (Wildman–Crippen LogP) is 3.80. The number of hydrogen-bond acceptors (Lipinski definition) is 2. The van der Waals surface area contributed by atoms with E-state index in [2.05, 4.69) is 31.3 Å². The summed E-state index contributed by atoms with van der Waals surface area (Å²) in [6, 6.07) is 6.49. The summed E-state index contributed by atoms with van der Waals surface area (Å²) in [4.78, 5) is 0. The first-order valence-electron chi connectivity index (χ1n) is 5.75. The number of ether oxygens (including phenoxy) is 1. The molecule has 1 N–H and O–H groups in total. The van der Waals surface area contributed by atoms with Crippen LogP contribution >= 0.6 is 11.6 Å². The molecule has 0 saturated heterocycles. The highest BCUT2D eigenvalue weighted by atomic mass is 35.5. The van der Waals surface area contributed by atoms with E-state index < -0.39 is 0 Å². The van der Waals surface area contributed by atoms with Gasteiger partial charge >= 0.3 is 0 Å². The molecule has 0 aliphatic rings. The summed E-state index contributed by atoms with van der Waals surface area (Å²) in [5.41, 5.74) is 4.97. The Morgan fingerprint density at radius 1 is 1.53 bits per heavy atom. The second kappa shape index (κ2) is 6.67. The number of rotatable bonds is 5. The maximum atomic E-state index is 5.78. The molecule has 94 valence electrons. The quantitative estimate of drug-likeness (QED) is 0.862. The van der Waals surface area contributed by atoms with Crippen molar-refractivity contribution in [1.29, 1.82) is 0 Å². The standard InChI is InChI=1S/C14H20ClNO/c1-10-5-6-14(17-9-11(2)8-15)13(7-10)12(3)16-4/h5-8,12,16H,9H2,1-4H3/b11-8+. The zero-order valence-corrected chi connectivity index (χ0v) is 11.6. The number of hydrogen-bond donors (Lipinski definition) is 1. The van der Waals surface area contributed by atoms with Crippen molar-refractivity contribution in [3.8, 4) is 5.75 Å². The molecule has 0 fully saturated rings. The van der Waals surface area contributed by atoms with E-state index in [1.54, 1.807) is 5.54 Å². The van der Waals surface area contributed by atoms with Crippen LogP contribution in [0.25, 0.3) is 0 Å². The Bertz CT molecular complexity index is 401. The predicted molar refractivity (Wildman–Crippen MR) is 73.8 cm³/mol. The molecular formula is C14H20ClNO. The maximum Gasteiger partial charge on any atom is 0.124 e. The summed E-state index contributed by atoms with van der Waals surface area (Å²) in [7, 11) is 1.95. The van der Waals surface area contributed by atoms with E-state index in [-0.39, 0.29) is 6.04 Å². The van der Waals surface area contributed by atoms with Crippen molar-refractivity contribution in [2.45, 2.75) is 26.8 Å². The van der Waals surface area contributed by atoms with Crippen molar-refractivity contribution in [2.75, 3.05) is 13.7 Å². The van der Waals surface area contributed by atoms with Gasteiger partial charge in [-0.25, -0.2) is 0 Å². The fraction of sp³-hybridized carbons (Fsp3) is 0.429. The normalized spacial score (nSPS) is 13.6. The van der Waals surface area contributed by atoms with Crippen LogP contribution in [-0.4, -0.2) is 13.7 Å². The summed E-state index contributed by atoms with van der Waals surface area (Å²) < 4.78 is 5.78. The van der Waals surface area contributed by atoms with Gasteiger partial charge in [-0.2, -0.15) is 0 Å². The molecule has 1 rings (SSSR count). The number of aryl methyl sites for hydroxylation is 1. The molecule has 0 spiro atoms. The molecule has 0 heterocycles. The largest absolute Gasteiger partial charge is 0.489 e. The molecule has 0 aliphatic carbocycles. The Labute approximate surface area is 109 Å². The summed E-state index contributed by atoms with van der Waals surface area (Å²) in [6.45, 7) is 6.67. The van der Waals surface area contributed by atoms with Crippen molar-refractivity contribution in [3.05, 3.63) is 40.4 Å². The third kappa shape index (κ3) is 4.06. The lowest BCUT2D eigenvalue weighted by molar-refractivity contribution is 0.345. The molecule has 0 aromatic heterocycles. The lowest BCUT2D eigenvalue weighted by atomic mass is 10.0. The van der Waals surface area contributed by atoms with Crippen molar-refractivity contribution >= 4 is 11.6 Å². The van der Waals surface area contributed by atoms with Crippen molar-refractivity contribution < 1.29 is 4.74 Å². The third-order valence-corrected chi connectivity index (χ3v) is 3.08. The van der Waals surface area contributed by atoms with Crippen LogP contribution in [0.5, 0.6) is 5.75 Å². The molecule has 0 aliphatic heterocycles. The Morgan fingerprint density at radius 3 is 2.82 bits per heavy atom. The molecule has 0 amide bonds. The highest BCUT2D eigenvalue weighted by Gasteiger charge is 2.10. The van der Waals surface area contributed by atoms with Gasteiger partial charge in [-0.05, 0) is 39.5 Å². The Balaban J connectivity index is 2.90. The third-order valence-electron chi connectivity index (χ3n) is 2.71. The smallest absolute Gasteiger partial charge is 0.124 e. The van der Waals surface area contributed by atoms with Gasteiger partial charge in [-0.1, -0.05) is 29.3 Å². The molecular weight excluding hydrogens is 234 g/mol. The van der Waals surface area contributed by atoms with Gasteiger partial charge in [0.15, 0.2) is 0 Å². The molecule has 17 heavy (non-hydrogen) atoms. The zero-order valence-electron chi connectivity index (χ0n) is 10.9. The molecule has 3 heteroatoms. The van der Waals surface area contributed by atoms with Crippen LogP contribution in [0.3, 0.4) is 0 Å². The average Bonchev–Trinajstić information content (AvgIpc) is 2.35. The van der Waals surface area contributed by atoms with Crippen molar-refractivity contribution in [3.63, 3.8) is 0 Å². The number of nitrogens with one attached hydrogen (secondary N) is 1. The molecule has 0 bridgehead atoms. The highest BCUT2D eigenvalue weighted by Crippen LogP contribution is 2.26. The molecule has 2 nitrogen and oxygen atoms in total. The van der Waals surface area contributed by atoms with Gasteiger partial charge in [0.05, 0.1) is 0 Å². The first-order chi connectivity index (χ1) is 8.08. The minimum absolute atomic E-state index is 0.269. The Kier molecular flexibility index (Phi) is 5.52. The van der Waals surface area contributed by atoms with E-state index in [0.717, 1.165) is 11.3 Å². The first kappa shape index (κ1) is 14.1. The summed E-state index contributed by atoms with van der Waals surface area (Å²) in [5.74, 6) is 0.912. The Morgan fingerprint density at radius 2 is 2.24 bits per heavy atom. The van der Waals surface area contributed by atoms with E-state index in [0.29, 0.717) is 6.61 Å².